The fraction of sp³-hybridized carbons (Fsp3) is 0.125. The lowest BCUT2D eigenvalue weighted by Gasteiger charge is -2.13. The van der Waals surface area contributed by atoms with E-state index in [1.165, 1.54) is 13.2 Å². The van der Waals surface area contributed by atoms with E-state index in [2.05, 4.69) is 5.32 Å². The van der Waals surface area contributed by atoms with Crippen molar-refractivity contribution >= 4 is 23.3 Å². The summed E-state index contributed by atoms with van der Waals surface area (Å²) in [4.78, 5) is 23.0. The summed E-state index contributed by atoms with van der Waals surface area (Å²) in [5.74, 6) is -1.52. The van der Waals surface area contributed by atoms with E-state index < -0.39 is 11.9 Å². The first-order valence-corrected chi connectivity index (χ1v) is 6.31. The summed E-state index contributed by atoms with van der Waals surface area (Å²) >= 11 is 0. The highest BCUT2D eigenvalue weighted by atomic mass is 16.5. The van der Waals surface area contributed by atoms with Gasteiger partial charge in [-0.05, 0) is 36.8 Å². The summed E-state index contributed by atoms with van der Waals surface area (Å²) in [5.41, 5.74) is 2.35. The van der Waals surface area contributed by atoms with Crippen molar-refractivity contribution in [1.82, 2.24) is 0 Å². The van der Waals surface area contributed by atoms with Gasteiger partial charge in [-0.25, -0.2) is 9.59 Å². The van der Waals surface area contributed by atoms with Crippen molar-refractivity contribution in [2.45, 2.75) is 6.92 Å². The molecule has 0 radical (unpaired) electrons. The first-order valence-electron chi connectivity index (χ1n) is 6.31. The number of ether oxygens (including phenoxy) is 1. The average Bonchev–Trinajstić information content (AvgIpc) is 2.47. The Kier molecular flexibility index (Phi) is 4.23. The molecule has 0 aliphatic rings. The SMILES string of the molecule is COC(=O)c1ccc(C)cc1Nc1ccccc1C(=O)O. The third kappa shape index (κ3) is 3.20. The Hall–Kier alpha value is -2.82. The number of methoxy groups -OCH3 is 1. The Morgan fingerprint density at radius 1 is 1.05 bits per heavy atom. The molecule has 0 unspecified atom stereocenters. The lowest BCUT2D eigenvalue weighted by atomic mass is 10.1. The molecule has 0 fully saturated rings. The molecule has 2 aromatic rings. The van der Waals surface area contributed by atoms with Gasteiger partial charge in [-0.2, -0.15) is 0 Å². The van der Waals surface area contributed by atoms with Crippen molar-refractivity contribution in [1.29, 1.82) is 0 Å². The van der Waals surface area contributed by atoms with Crippen LogP contribution in [0, 0.1) is 6.92 Å². The molecule has 108 valence electrons. The molecule has 0 atom stereocenters. The number of aryl methyl sites for hydroxylation is 1. The van der Waals surface area contributed by atoms with E-state index in [1.54, 1.807) is 36.4 Å². The van der Waals surface area contributed by atoms with E-state index in [0.29, 0.717) is 16.9 Å². The van der Waals surface area contributed by atoms with Gasteiger partial charge in [-0.1, -0.05) is 18.2 Å². The molecule has 2 rings (SSSR count). The molecule has 0 amide bonds. The number of carboxylic acids is 1. The number of carboxylic acid groups (broad SMARTS) is 1. The van der Waals surface area contributed by atoms with Crippen LogP contribution in [0.4, 0.5) is 11.4 Å². The number of rotatable bonds is 4. The van der Waals surface area contributed by atoms with Crippen molar-refractivity contribution in [3.8, 4) is 0 Å². The van der Waals surface area contributed by atoms with Gasteiger partial charge in [0.1, 0.15) is 0 Å². The molecule has 0 saturated heterocycles. The monoisotopic (exact) mass is 285 g/mol. The maximum Gasteiger partial charge on any atom is 0.339 e. The molecule has 0 saturated carbocycles. The minimum absolute atomic E-state index is 0.134. The number of aromatic carboxylic acids is 1. The van der Waals surface area contributed by atoms with Crippen LogP contribution >= 0.6 is 0 Å². The first-order chi connectivity index (χ1) is 10.0. The third-order valence-electron chi connectivity index (χ3n) is 3.01. The summed E-state index contributed by atoms with van der Waals surface area (Å²) in [6, 6.07) is 11.7. The second kappa shape index (κ2) is 6.09. The molecular weight excluding hydrogens is 270 g/mol. The number of carbonyl (C=O) groups excluding carboxylic acids is 1. The fourth-order valence-corrected chi connectivity index (χ4v) is 1.97. The molecule has 0 bridgehead atoms. The molecule has 2 aromatic carbocycles. The Morgan fingerprint density at radius 3 is 2.43 bits per heavy atom. The molecule has 0 heterocycles. The Morgan fingerprint density at radius 2 is 1.76 bits per heavy atom. The van der Waals surface area contributed by atoms with E-state index >= 15 is 0 Å². The number of esters is 1. The van der Waals surface area contributed by atoms with Gasteiger partial charge in [0.15, 0.2) is 0 Å². The summed E-state index contributed by atoms with van der Waals surface area (Å²) in [5, 5.41) is 12.2. The summed E-state index contributed by atoms with van der Waals surface area (Å²) in [7, 11) is 1.30. The highest BCUT2D eigenvalue weighted by Gasteiger charge is 2.15. The van der Waals surface area contributed by atoms with Crippen LogP contribution in [0.25, 0.3) is 0 Å². The van der Waals surface area contributed by atoms with Crippen LogP contribution in [0.3, 0.4) is 0 Å². The molecule has 21 heavy (non-hydrogen) atoms. The zero-order valence-corrected chi connectivity index (χ0v) is 11.7. The maximum atomic E-state index is 11.8. The van der Waals surface area contributed by atoms with Crippen LogP contribution in [0.15, 0.2) is 42.5 Å². The topological polar surface area (TPSA) is 75.6 Å². The van der Waals surface area contributed by atoms with Crippen molar-refractivity contribution in [2.24, 2.45) is 0 Å². The Bertz CT molecular complexity index is 694. The Balaban J connectivity index is 2.46. The van der Waals surface area contributed by atoms with Gasteiger partial charge in [0, 0.05) is 0 Å². The predicted molar refractivity (Wildman–Crippen MR) is 79.2 cm³/mol. The largest absolute Gasteiger partial charge is 0.478 e. The molecule has 5 nitrogen and oxygen atoms in total. The number of anilines is 2. The lowest BCUT2D eigenvalue weighted by Crippen LogP contribution is -2.08. The minimum Gasteiger partial charge on any atom is -0.478 e. The highest BCUT2D eigenvalue weighted by molar-refractivity contribution is 5.99. The first kappa shape index (κ1) is 14.6. The van der Waals surface area contributed by atoms with E-state index in [4.69, 9.17) is 4.74 Å². The van der Waals surface area contributed by atoms with Crippen molar-refractivity contribution < 1.29 is 19.4 Å². The van der Waals surface area contributed by atoms with E-state index in [0.717, 1.165) is 5.56 Å². The quantitative estimate of drug-likeness (QED) is 0.843. The van der Waals surface area contributed by atoms with Crippen molar-refractivity contribution in [3.63, 3.8) is 0 Å². The summed E-state index contributed by atoms with van der Waals surface area (Å²) in [6.45, 7) is 1.88. The maximum absolute atomic E-state index is 11.8. The number of carbonyl (C=O) groups is 2. The zero-order chi connectivity index (χ0) is 15.4. The minimum atomic E-state index is -1.04. The Labute approximate surface area is 122 Å². The van der Waals surface area contributed by atoms with Gasteiger partial charge in [-0.3, -0.25) is 0 Å². The van der Waals surface area contributed by atoms with Crippen molar-refractivity contribution in [2.75, 3.05) is 12.4 Å². The van der Waals surface area contributed by atoms with Gasteiger partial charge in [0.25, 0.3) is 0 Å². The van der Waals surface area contributed by atoms with Crippen LogP contribution in [-0.2, 0) is 4.74 Å². The third-order valence-corrected chi connectivity index (χ3v) is 3.01. The molecule has 5 heteroatoms. The zero-order valence-electron chi connectivity index (χ0n) is 11.7. The van der Waals surface area contributed by atoms with Crippen LogP contribution in [-0.4, -0.2) is 24.2 Å². The molecule has 0 spiro atoms. The van der Waals surface area contributed by atoms with Crippen LogP contribution < -0.4 is 5.32 Å². The van der Waals surface area contributed by atoms with Gasteiger partial charge in [0.2, 0.25) is 0 Å². The smallest absolute Gasteiger partial charge is 0.339 e. The number of nitrogens with one attached hydrogen (secondary N) is 1. The van der Waals surface area contributed by atoms with Crippen LogP contribution in [0.2, 0.25) is 0 Å². The predicted octanol–water partition coefficient (Wildman–Crippen LogP) is 3.22. The molecule has 0 aliphatic carbocycles. The van der Waals surface area contributed by atoms with E-state index in [9.17, 15) is 14.7 Å². The summed E-state index contributed by atoms with van der Waals surface area (Å²) in [6.07, 6.45) is 0. The molecular formula is C16H15NO4. The van der Waals surface area contributed by atoms with Crippen LogP contribution in [0.5, 0.6) is 0 Å². The van der Waals surface area contributed by atoms with Crippen LogP contribution in [0.1, 0.15) is 26.3 Å². The van der Waals surface area contributed by atoms with Gasteiger partial charge < -0.3 is 15.2 Å². The second-order valence-electron chi connectivity index (χ2n) is 4.52. The normalized spacial score (nSPS) is 10.0. The number of hydrogen-bond acceptors (Lipinski definition) is 4. The van der Waals surface area contributed by atoms with Gasteiger partial charge >= 0.3 is 11.9 Å². The molecule has 2 N–H and O–H groups in total. The number of para-hydroxylation sites is 1. The van der Waals surface area contributed by atoms with E-state index in [1.807, 2.05) is 6.92 Å². The number of benzene rings is 2. The highest BCUT2D eigenvalue weighted by Crippen LogP contribution is 2.25. The van der Waals surface area contributed by atoms with Gasteiger partial charge in [-0.15, -0.1) is 0 Å². The van der Waals surface area contributed by atoms with Gasteiger partial charge in [0.05, 0.1) is 29.6 Å². The summed E-state index contributed by atoms with van der Waals surface area (Å²) < 4.78 is 4.74. The number of hydrogen-bond donors (Lipinski definition) is 2. The second-order valence-corrected chi connectivity index (χ2v) is 4.52. The standard InChI is InChI=1S/C16H15NO4/c1-10-7-8-12(16(20)21-2)14(9-10)17-13-6-4-3-5-11(13)15(18)19/h3-9,17H,1-2H3,(H,18,19). The van der Waals surface area contributed by atoms with E-state index in [-0.39, 0.29) is 5.56 Å². The lowest BCUT2D eigenvalue weighted by molar-refractivity contribution is 0.0601. The molecule has 0 aliphatic heterocycles. The molecule has 0 aromatic heterocycles. The fourth-order valence-electron chi connectivity index (χ4n) is 1.97. The average molecular weight is 285 g/mol. The van der Waals surface area contributed by atoms with Crippen molar-refractivity contribution in [3.05, 3.63) is 59.2 Å².